The van der Waals surface area contributed by atoms with Crippen LogP contribution in [0, 0.1) is 5.92 Å². The summed E-state index contributed by atoms with van der Waals surface area (Å²) in [5, 5.41) is 15.5. The molecular formula is C11H22N2O2. The minimum Gasteiger partial charge on any atom is -0.392 e. The average Bonchev–Trinajstić information content (AvgIpc) is 2.93. The molecule has 15 heavy (non-hydrogen) atoms. The van der Waals surface area contributed by atoms with Crippen LogP contribution < -0.4 is 10.6 Å². The third-order valence-electron chi connectivity index (χ3n) is 2.50. The van der Waals surface area contributed by atoms with Gasteiger partial charge in [0.2, 0.25) is 5.91 Å². The first-order valence-corrected chi connectivity index (χ1v) is 5.77. The van der Waals surface area contributed by atoms with Crippen LogP contribution in [0.2, 0.25) is 0 Å². The molecule has 1 aliphatic rings. The maximum atomic E-state index is 11.2. The maximum absolute atomic E-state index is 11.2. The molecule has 1 atom stereocenters. The molecule has 1 fully saturated rings. The molecule has 0 aromatic carbocycles. The first-order valence-electron chi connectivity index (χ1n) is 5.77. The van der Waals surface area contributed by atoms with Crippen LogP contribution in [0.3, 0.4) is 0 Å². The van der Waals surface area contributed by atoms with E-state index in [0.29, 0.717) is 25.4 Å². The van der Waals surface area contributed by atoms with Gasteiger partial charge in [-0.25, -0.2) is 0 Å². The van der Waals surface area contributed by atoms with Crippen molar-refractivity contribution in [2.24, 2.45) is 5.92 Å². The summed E-state index contributed by atoms with van der Waals surface area (Å²) >= 11 is 0. The minimum atomic E-state index is -0.224. The lowest BCUT2D eigenvalue weighted by atomic mass is 10.2. The van der Waals surface area contributed by atoms with Gasteiger partial charge in [-0.3, -0.25) is 4.79 Å². The summed E-state index contributed by atoms with van der Waals surface area (Å²) in [7, 11) is 0. The molecule has 0 aromatic rings. The van der Waals surface area contributed by atoms with Crippen molar-refractivity contribution >= 4 is 5.91 Å². The molecule has 3 N–H and O–H groups in total. The molecule has 1 rings (SSSR count). The highest BCUT2D eigenvalue weighted by Gasteiger charge is 2.28. The third-order valence-corrected chi connectivity index (χ3v) is 2.50. The Morgan fingerprint density at radius 1 is 1.47 bits per heavy atom. The second-order valence-corrected chi connectivity index (χ2v) is 4.58. The van der Waals surface area contributed by atoms with Crippen molar-refractivity contribution in [2.45, 2.75) is 45.3 Å². The smallest absolute Gasteiger partial charge is 0.221 e. The Morgan fingerprint density at radius 3 is 2.67 bits per heavy atom. The molecule has 4 heteroatoms. The highest BCUT2D eigenvalue weighted by Crippen LogP contribution is 2.32. The van der Waals surface area contributed by atoms with Gasteiger partial charge < -0.3 is 15.7 Å². The van der Waals surface area contributed by atoms with Crippen LogP contribution >= 0.6 is 0 Å². The molecule has 0 aliphatic heterocycles. The summed E-state index contributed by atoms with van der Waals surface area (Å²) in [6.07, 6.45) is 2.56. The zero-order valence-electron chi connectivity index (χ0n) is 9.62. The quantitative estimate of drug-likeness (QED) is 0.533. The van der Waals surface area contributed by atoms with Crippen LogP contribution in [0.5, 0.6) is 0 Å². The molecule has 1 aliphatic carbocycles. The number of aliphatic hydroxyl groups is 1. The van der Waals surface area contributed by atoms with Gasteiger partial charge >= 0.3 is 0 Å². The zero-order chi connectivity index (χ0) is 11.3. The number of rotatable bonds is 7. The van der Waals surface area contributed by atoms with Gasteiger partial charge in [0.05, 0.1) is 6.10 Å². The summed E-state index contributed by atoms with van der Waals surface area (Å²) in [5.74, 6) is 0.570. The second kappa shape index (κ2) is 6.08. The molecule has 0 heterocycles. The summed E-state index contributed by atoms with van der Waals surface area (Å²) in [6.45, 7) is 5.15. The number of aliphatic hydroxyl groups excluding tert-OH is 1. The van der Waals surface area contributed by atoms with Crippen LogP contribution in [-0.4, -0.2) is 36.2 Å². The van der Waals surface area contributed by atoms with Gasteiger partial charge in [-0.05, 0) is 32.6 Å². The van der Waals surface area contributed by atoms with Gasteiger partial charge in [-0.15, -0.1) is 0 Å². The Bertz CT molecular complexity index is 203. The van der Waals surface area contributed by atoms with E-state index in [1.54, 1.807) is 0 Å². The summed E-state index contributed by atoms with van der Waals surface area (Å²) in [5.41, 5.74) is 0. The fourth-order valence-corrected chi connectivity index (χ4v) is 1.49. The van der Waals surface area contributed by atoms with E-state index in [0.717, 1.165) is 12.8 Å². The first kappa shape index (κ1) is 12.5. The molecule has 1 unspecified atom stereocenters. The fourth-order valence-electron chi connectivity index (χ4n) is 1.49. The Morgan fingerprint density at radius 2 is 2.13 bits per heavy atom. The Kier molecular flexibility index (Phi) is 5.05. The van der Waals surface area contributed by atoms with Gasteiger partial charge in [0.1, 0.15) is 0 Å². The predicted octanol–water partition coefficient (Wildman–Crippen LogP) is 0.262. The minimum absolute atomic E-state index is 0.0680. The number of carbonyl (C=O) groups is 1. The molecule has 4 nitrogen and oxygen atoms in total. The van der Waals surface area contributed by atoms with Crippen LogP contribution in [0.1, 0.15) is 33.1 Å². The largest absolute Gasteiger partial charge is 0.392 e. The normalized spacial score (nSPS) is 17.9. The number of hydrogen-bond donors (Lipinski definition) is 3. The van der Waals surface area contributed by atoms with E-state index in [-0.39, 0.29) is 18.1 Å². The van der Waals surface area contributed by atoms with Crippen LogP contribution in [-0.2, 0) is 4.79 Å². The van der Waals surface area contributed by atoms with Gasteiger partial charge in [0.25, 0.3) is 0 Å². The molecule has 1 saturated carbocycles. The molecule has 1 amide bonds. The van der Waals surface area contributed by atoms with Crippen LogP contribution in [0.15, 0.2) is 0 Å². The lowest BCUT2D eigenvalue weighted by Gasteiger charge is -2.11. The van der Waals surface area contributed by atoms with Crippen molar-refractivity contribution in [1.29, 1.82) is 0 Å². The lowest BCUT2D eigenvalue weighted by molar-refractivity contribution is -0.121. The second-order valence-electron chi connectivity index (χ2n) is 4.58. The standard InChI is InChI=1S/C11H22N2O2/c1-8(2)13-11(15)5-6-12-7-10(14)9-3-4-9/h8-10,12,14H,3-7H2,1-2H3,(H,13,15). The molecule has 0 aromatic heterocycles. The van der Waals surface area contributed by atoms with Crippen LogP contribution in [0.4, 0.5) is 0 Å². The summed E-state index contributed by atoms with van der Waals surface area (Å²) in [4.78, 5) is 11.2. The van der Waals surface area contributed by atoms with E-state index < -0.39 is 0 Å². The molecule has 88 valence electrons. The van der Waals surface area contributed by atoms with Gasteiger partial charge in [0.15, 0.2) is 0 Å². The molecule has 0 spiro atoms. The SMILES string of the molecule is CC(C)NC(=O)CCNCC(O)C1CC1. The number of amides is 1. The van der Waals surface area contributed by atoms with E-state index in [9.17, 15) is 9.90 Å². The summed E-state index contributed by atoms with van der Waals surface area (Å²) in [6, 6.07) is 0.203. The Balaban J connectivity index is 1.93. The number of hydrogen-bond acceptors (Lipinski definition) is 3. The number of carbonyl (C=O) groups excluding carboxylic acids is 1. The zero-order valence-corrected chi connectivity index (χ0v) is 9.62. The van der Waals surface area contributed by atoms with Gasteiger partial charge in [-0.2, -0.15) is 0 Å². The average molecular weight is 214 g/mol. The maximum Gasteiger partial charge on any atom is 0.221 e. The van der Waals surface area contributed by atoms with Crippen molar-refractivity contribution < 1.29 is 9.90 Å². The van der Waals surface area contributed by atoms with E-state index in [4.69, 9.17) is 0 Å². The topological polar surface area (TPSA) is 61.4 Å². The van der Waals surface area contributed by atoms with Crippen LogP contribution in [0.25, 0.3) is 0 Å². The van der Waals surface area contributed by atoms with E-state index in [1.807, 2.05) is 13.8 Å². The molecule has 0 bridgehead atoms. The van der Waals surface area contributed by atoms with Crippen molar-refractivity contribution in [1.82, 2.24) is 10.6 Å². The molecule has 0 radical (unpaired) electrons. The van der Waals surface area contributed by atoms with E-state index in [1.165, 1.54) is 0 Å². The van der Waals surface area contributed by atoms with Crippen molar-refractivity contribution in [2.75, 3.05) is 13.1 Å². The monoisotopic (exact) mass is 214 g/mol. The fraction of sp³-hybridized carbons (Fsp3) is 0.909. The van der Waals surface area contributed by atoms with Gasteiger partial charge in [-0.1, -0.05) is 0 Å². The number of nitrogens with one attached hydrogen (secondary N) is 2. The predicted molar refractivity (Wildman–Crippen MR) is 59.5 cm³/mol. The van der Waals surface area contributed by atoms with Crippen molar-refractivity contribution in [3.05, 3.63) is 0 Å². The third kappa shape index (κ3) is 5.74. The van der Waals surface area contributed by atoms with Crippen molar-refractivity contribution in [3.8, 4) is 0 Å². The van der Waals surface area contributed by atoms with Gasteiger partial charge in [0, 0.05) is 25.6 Å². The summed E-state index contributed by atoms with van der Waals surface area (Å²) < 4.78 is 0. The first-order chi connectivity index (χ1) is 7.09. The molecule has 0 saturated heterocycles. The van der Waals surface area contributed by atoms with E-state index >= 15 is 0 Å². The highest BCUT2D eigenvalue weighted by molar-refractivity contribution is 5.76. The van der Waals surface area contributed by atoms with Crippen molar-refractivity contribution in [3.63, 3.8) is 0 Å². The Labute approximate surface area is 91.4 Å². The molecular weight excluding hydrogens is 192 g/mol. The van der Waals surface area contributed by atoms with E-state index in [2.05, 4.69) is 10.6 Å². The highest BCUT2D eigenvalue weighted by atomic mass is 16.3. The Hall–Kier alpha value is -0.610. The lowest BCUT2D eigenvalue weighted by Crippen LogP contribution is -2.34.